The first kappa shape index (κ1) is 12.8. The first-order valence-electron chi connectivity index (χ1n) is 5.22. The number of hydrogen-bond acceptors (Lipinski definition) is 4. The quantitative estimate of drug-likeness (QED) is 0.752. The third-order valence-electron chi connectivity index (χ3n) is 2.45. The van der Waals surface area contributed by atoms with Gasteiger partial charge in [-0.25, -0.2) is 0 Å². The number of aliphatic hydroxyl groups excluding tert-OH is 2. The van der Waals surface area contributed by atoms with Crippen LogP contribution in [-0.2, 0) is 12.8 Å². The maximum Gasteiger partial charge on any atom is 0.122 e. The van der Waals surface area contributed by atoms with Crippen LogP contribution in [0.3, 0.4) is 0 Å². The molecule has 0 atom stereocenters. The molecule has 0 unspecified atom stereocenters. The molecule has 0 saturated heterocycles. The second-order valence-electron chi connectivity index (χ2n) is 3.42. The number of benzene rings is 1. The van der Waals surface area contributed by atoms with Gasteiger partial charge in [0.2, 0.25) is 0 Å². The van der Waals surface area contributed by atoms with Crippen molar-refractivity contribution in [3.63, 3.8) is 0 Å². The van der Waals surface area contributed by atoms with E-state index in [0.29, 0.717) is 12.8 Å². The molecular weight excluding hydrogens is 208 g/mol. The van der Waals surface area contributed by atoms with Crippen molar-refractivity contribution in [1.82, 2.24) is 0 Å². The Balaban J connectivity index is 3.11. The van der Waals surface area contributed by atoms with Gasteiger partial charge in [-0.15, -0.1) is 0 Å². The molecule has 0 aromatic heterocycles. The van der Waals surface area contributed by atoms with E-state index in [2.05, 4.69) is 0 Å². The summed E-state index contributed by atoms with van der Waals surface area (Å²) >= 11 is 0. The first-order valence-corrected chi connectivity index (χ1v) is 5.22. The number of methoxy groups -OCH3 is 2. The summed E-state index contributed by atoms with van der Waals surface area (Å²) in [5, 5.41) is 17.9. The maximum atomic E-state index is 8.94. The highest BCUT2D eigenvalue weighted by Crippen LogP contribution is 2.29. The summed E-state index contributed by atoms with van der Waals surface area (Å²) in [5.74, 6) is 1.44. The van der Waals surface area contributed by atoms with Crippen molar-refractivity contribution >= 4 is 0 Å². The van der Waals surface area contributed by atoms with Crippen molar-refractivity contribution in [2.24, 2.45) is 0 Å². The zero-order valence-corrected chi connectivity index (χ0v) is 9.69. The molecule has 0 aliphatic rings. The van der Waals surface area contributed by atoms with E-state index < -0.39 is 0 Å². The average molecular weight is 226 g/mol. The van der Waals surface area contributed by atoms with Crippen LogP contribution < -0.4 is 9.47 Å². The van der Waals surface area contributed by atoms with Gasteiger partial charge in [-0.2, -0.15) is 0 Å². The number of hydrogen-bond donors (Lipinski definition) is 2. The highest BCUT2D eigenvalue weighted by molar-refractivity contribution is 5.46. The SMILES string of the molecule is COc1cc(CCO)c(OC)cc1CCO. The van der Waals surface area contributed by atoms with E-state index in [0.717, 1.165) is 22.6 Å². The zero-order chi connectivity index (χ0) is 12.0. The van der Waals surface area contributed by atoms with E-state index in [1.807, 2.05) is 12.1 Å². The van der Waals surface area contributed by atoms with Crippen molar-refractivity contribution in [3.05, 3.63) is 23.3 Å². The van der Waals surface area contributed by atoms with Gasteiger partial charge >= 0.3 is 0 Å². The van der Waals surface area contributed by atoms with Gasteiger partial charge in [-0.05, 0) is 25.0 Å². The van der Waals surface area contributed by atoms with Crippen LogP contribution in [0.1, 0.15) is 11.1 Å². The standard InChI is InChI=1S/C12H18O4/c1-15-11-7-10(4-6-14)12(16-2)8-9(11)3-5-13/h7-8,13-14H,3-6H2,1-2H3. The van der Waals surface area contributed by atoms with E-state index in [9.17, 15) is 0 Å². The summed E-state index contributed by atoms with van der Waals surface area (Å²) in [5.41, 5.74) is 1.81. The lowest BCUT2D eigenvalue weighted by atomic mass is 10.0. The lowest BCUT2D eigenvalue weighted by Gasteiger charge is -2.13. The van der Waals surface area contributed by atoms with Crippen molar-refractivity contribution in [2.75, 3.05) is 27.4 Å². The van der Waals surface area contributed by atoms with Gasteiger partial charge < -0.3 is 19.7 Å². The molecule has 90 valence electrons. The topological polar surface area (TPSA) is 58.9 Å². The Morgan fingerprint density at radius 3 is 1.50 bits per heavy atom. The summed E-state index contributed by atoms with van der Waals surface area (Å²) < 4.78 is 10.5. The number of rotatable bonds is 6. The van der Waals surface area contributed by atoms with E-state index >= 15 is 0 Å². The van der Waals surface area contributed by atoms with Crippen LogP contribution in [0.2, 0.25) is 0 Å². The summed E-state index contributed by atoms with van der Waals surface area (Å²) in [6.07, 6.45) is 1.05. The van der Waals surface area contributed by atoms with Crippen molar-refractivity contribution in [2.45, 2.75) is 12.8 Å². The minimum Gasteiger partial charge on any atom is -0.496 e. The van der Waals surface area contributed by atoms with E-state index in [4.69, 9.17) is 19.7 Å². The van der Waals surface area contributed by atoms with Crippen molar-refractivity contribution in [1.29, 1.82) is 0 Å². The van der Waals surface area contributed by atoms with E-state index in [-0.39, 0.29) is 13.2 Å². The molecule has 1 rings (SSSR count). The van der Waals surface area contributed by atoms with Gasteiger partial charge in [0.25, 0.3) is 0 Å². The second kappa shape index (κ2) is 6.35. The monoisotopic (exact) mass is 226 g/mol. The largest absolute Gasteiger partial charge is 0.496 e. The van der Waals surface area contributed by atoms with Crippen LogP contribution in [-0.4, -0.2) is 37.6 Å². The Bertz CT molecular complexity index is 302. The molecule has 0 saturated carbocycles. The summed E-state index contributed by atoms with van der Waals surface area (Å²) in [6.45, 7) is 0.137. The Kier molecular flexibility index (Phi) is 5.08. The molecule has 0 heterocycles. The van der Waals surface area contributed by atoms with Crippen LogP contribution in [0.4, 0.5) is 0 Å². The predicted molar refractivity (Wildman–Crippen MR) is 61.1 cm³/mol. The first-order chi connectivity index (χ1) is 7.76. The molecule has 0 spiro atoms. The molecule has 2 N–H and O–H groups in total. The van der Waals surface area contributed by atoms with Gasteiger partial charge in [0, 0.05) is 24.3 Å². The molecule has 0 radical (unpaired) electrons. The van der Waals surface area contributed by atoms with Crippen LogP contribution in [0.25, 0.3) is 0 Å². The lowest BCUT2D eigenvalue weighted by molar-refractivity contribution is 0.293. The lowest BCUT2D eigenvalue weighted by Crippen LogP contribution is -2.01. The highest BCUT2D eigenvalue weighted by Gasteiger charge is 2.10. The Hall–Kier alpha value is -1.26. The van der Waals surface area contributed by atoms with Gasteiger partial charge in [0.15, 0.2) is 0 Å². The molecular formula is C12H18O4. The molecule has 16 heavy (non-hydrogen) atoms. The molecule has 0 amide bonds. The van der Waals surface area contributed by atoms with Gasteiger partial charge in [0.1, 0.15) is 11.5 Å². The van der Waals surface area contributed by atoms with Crippen LogP contribution in [0.5, 0.6) is 11.5 Å². The van der Waals surface area contributed by atoms with Crippen LogP contribution in [0, 0.1) is 0 Å². The molecule has 0 fully saturated rings. The summed E-state index contributed by atoms with van der Waals surface area (Å²) in [6, 6.07) is 3.69. The Labute approximate surface area is 95.4 Å². The highest BCUT2D eigenvalue weighted by atomic mass is 16.5. The second-order valence-corrected chi connectivity index (χ2v) is 3.42. The average Bonchev–Trinajstić information content (AvgIpc) is 2.31. The third kappa shape index (κ3) is 2.87. The van der Waals surface area contributed by atoms with E-state index in [1.165, 1.54) is 0 Å². The minimum absolute atomic E-state index is 0.0683. The van der Waals surface area contributed by atoms with E-state index in [1.54, 1.807) is 14.2 Å². The van der Waals surface area contributed by atoms with Crippen LogP contribution >= 0.6 is 0 Å². The summed E-state index contributed by atoms with van der Waals surface area (Å²) in [4.78, 5) is 0. The molecule has 4 nitrogen and oxygen atoms in total. The van der Waals surface area contributed by atoms with Crippen LogP contribution in [0.15, 0.2) is 12.1 Å². The number of ether oxygens (including phenoxy) is 2. The summed E-state index contributed by atoms with van der Waals surface area (Å²) in [7, 11) is 3.18. The van der Waals surface area contributed by atoms with Crippen molar-refractivity contribution < 1.29 is 19.7 Å². The van der Waals surface area contributed by atoms with Gasteiger partial charge in [0.05, 0.1) is 14.2 Å². The fourth-order valence-electron chi connectivity index (χ4n) is 1.66. The Morgan fingerprint density at radius 2 is 1.25 bits per heavy atom. The fraction of sp³-hybridized carbons (Fsp3) is 0.500. The molecule has 0 aliphatic carbocycles. The predicted octanol–water partition coefficient (Wildman–Crippen LogP) is 0.773. The molecule has 1 aromatic rings. The molecule has 4 heteroatoms. The van der Waals surface area contributed by atoms with Gasteiger partial charge in [-0.1, -0.05) is 0 Å². The third-order valence-corrected chi connectivity index (χ3v) is 2.45. The molecule has 1 aromatic carbocycles. The zero-order valence-electron chi connectivity index (χ0n) is 9.69. The van der Waals surface area contributed by atoms with Gasteiger partial charge in [-0.3, -0.25) is 0 Å². The smallest absolute Gasteiger partial charge is 0.122 e. The minimum atomic E-state index is 0.0683. The van der Waals surface area contributed by atoms with Crippen molar-refractivity contribution in [3.8, 4) is 11.5 Å². The number of aliphatic hydroxyl groups is 2. The molecule has 0 aliphatic heterocycles. The Morgan fingerprint density at radius 1 is 0.875 bits per heavy atom. The molecule has 0 bridgehead atoms. The fourth-order valence-corrected chi connectivity index (χ4v) is 1.66. The normalized spacial score (nSPS) is 10.2. The maximum absolute atomic E-state index is 8.94.